The lowest BCUT2D eigenvalue weighted by Crippen LogP contribution is -2.30. The van der Waals surface area contributed by atoms with Gasteiger partial charge in [0.05, 0.1) is 6.04 Å². The van der Waals surface area contributed by atoms with Crippen molar-refractivity contribution in [2.75, 3.05) is 24.7 Å². The Bertz CT molecular complexity index is 828. The topological polar surface area (TPSA) is 89.4 Å². The molecule has 0 bridgehead atoms. The molecule has 2 aliphatic rings. The van der Waals surface area contributed by atoms with Crippen LogP contribution in [0.2, 0.25) is 0 Å². The standard InChI is InChI=1S/C19H23N5O3/c25-17-5-2-8-23(17)16-4-1-3-14(11-16)12-20-19(26)18-21-13-22-24(18)15-6-9-27-10-7-15/h1,3-4,11,13,15H,2,5-10,12H2,(H,20,26). The monoisotopic (exact) mass is 369 g/mol. The number of carbonyl (C=O) groups excluding carboxylic acids is 2. The number of nitrogens with one attached hydrogen (secondary N) is 1. The summed E-state index contributed by atoms with van der Waals surface area (Å²) in [6.07, 6.45) is 4.57. The van der Waals surface area contributed by atoms with Crippen LogP contribution in [0.1, 0.15) is 47.9 Å². The number of nitrogens with zero attached hydrogens (tertiary/aromatic N) is 4. The molecule has 0 atom stereocenters. The quantitative estimate of drug-likeness (QED) is 0.866. The summed E-state index contributed by atoms with van der Waals surface area (Å²) in [7, 11) is 0. The van der Waals surface area contributed by atoms with Crippen LogP contribution in [0, 0.1) is 0 Å². The highest BCUT2D eigenvalue weighted by Gasteiger charge is 2.24. The Labute approximate surface area is 157 Å². The van der Waals surface area contributed by atoms with Crippen LogP contribution in [0.3, 0.4) is 0 Å². The summed E-state index contributed by atoms with van der Waals surface area (Å²) in [4.78, 5) is 30.5. The first kappa shape index (κ1) is 17.7. The van der Waals surface area contributed by atoms with Crippen molar-refractivity contribution in [2.45, 2.75) is 38.3 Å². The molecule has 2 fully saturated rings. The fourth-order valence-electron chi connectivity index (χ4n) is 3.63. The maximum atomic E-state index is 12.6. The predicted octanol–water partition coefficient (Wildman–Crippen LogP) is 1.69. The van der Waals surface area contributed by atoms with E-state index in [1.54, 1.807) is 9.58 Å². The molecule has 2 saturated heterocycles. The molecule has 1 aromatic heterocycles. The average Bonchev–Trinajstić information content (AvgIpc) is 3.36. The average molecular weight is 369 g/mol. The van der Waals surface area contributed by atoms with Crippen LogP contribution in [0.4, 0.5) is 5.69 Å². The summed E-state index contributed by atoms with van der Waals surface area (Å²) < 4.78 is 7.08. The molecule has 3 heterocycles. The van der Waals surface area contributed by atoms with E-state index in [2.05, 4.69) is 15.4 Å². The molecule has 0 spiro atoms. The molecular formula is C19H23N5O3. The molecule has 142 valence electrons. The van der Waals surface area contributed by atoms with Crippen LogP contribution in [0.25, 0.3) is 0 Å². The molecule has 2 amide bonds. The molecule has 1 aromatic carbocycles. The van der Waals surface area contributed by atoms with Crippen molar-refractivity contribution in [1.82, 2.24) is 20.1 Å². The number of hydrogen-bond acceptors (Lipinski definition) is 5. The first-order chi connectivity index (χ1) is 13.2. The van der Waals surface area contributed by atoms with E-state index < -0.39 is 0 Å². The van der Waals surface area contributed by atoms with Gasteiger partial charge in [-0.15, -0.1) is 0 Å². The third kappa shape index (κ3) is 3.85. The smallest absolute Gasteiger partial charge is 0.289 e. The molecule has 1 N–H and O–H groups in total. The van der Waals surface area contributed by atoms with Crippen molar-refractivity contribution in [3.63, 3.8) is 0 Å². The van der Waals surface area contributed by atoms with Gasteiger partial charge in [-0.25, -0.2) is 9.67 Å². The van der Waals surface area contributed by atoms with Crippen LogP contribution >= 0.6 is 0 Å². The zero-order valence-electron chi connectivity index (χ0n) is 15.1. The molecule has 8 nitrogen and oxygen atoms in total. The molecule has 8 heteroatoms. The molecule has 0 radical (unpaired) electrons. The van der Waals surface area contributed by atoms with Gasteiger partial charge in [0.15, 0.2) is 0 Å². The molecule has 4 rings (SSSR count). The van der Waals surface area contributed by atoms with Crippen molar-refractivity contribution in [2.24, 2.45) is 0 Å². The second kappa shape index (κ2) is 7.87. The summed E-state index contributed by atoms with van der Waals surface area (Å²) in [5, 5.41) is 7.15. The van der Waals surface area contributed by atoms with E-state index in [1.807, 2.05) is 24.3 Å². The van der Waals surface area contributed by atoms with E-state index in [0.717, 1.165) is 37.1 Å². The summed E-state index contributed by atoms with van der Waals surface area (Å²) >= 11 is 0. The van der Waals surface area contributed by atoms with Gasteiger partial charge in [0.1, 0.15) is 6.33 Å². The van der Waals surface area contributed by atoms with Gasteiger partial charge < -0.3 is 15.0 Å². The Balaban J connectivity index is 1.41. The van der Waals surface area contributed by atoms with Crippen molar-refractivity contribution >= 4 is 17.5 Å². The normalized spacial score (nSPS) is 18.1. The van der Waals surface area contributed by atoms with Gasteiger partial charge >= 0.3 is 0 Å². The van der Waals surface area contributed by atoms with E-state index in [0.29, 0.717) is 32.0 Å². The van der Waals surface area contributed by atoms with E-state index in [9.17, 15) is 9.59 Å². The third-order valence-corrected chi connectivity index (χ3v) is 5.06. The van der Waals surface area contributed by atoms with E-state index in [1.165, 1.54) is 6.33 Å². The first-order valence-corrected chi connectivity index (χ1v) is 9.37. The summed E-state index contributed by atoms with van der Waals surface area (Å²) in [5.74, 6) is 0.232. The minimum Gasteiger partial charge on any atom is -0.381 e. The second-order valence-corrected chi connectivity index (χ2v) is 6.87. The third-order valence-electron chi connectivity index (χ3n) is 5.06. The molecule has 2 aliphatic heterocycles. The van der Waals surface area contributed by atoms with Gasteiger partial charge in [-0.05, 0) is 37.0 Å². The van der Waals surface area contributed by atoms with Crippen LogP contribution in [0.15, 0.2) is 30.6 Å². The zero-order chi connectivity index (χ0) is 18.6. The Morgan fingerprint density at radius 2 is 2.15 bits per heavy atom. The van der Waals surface area contributed by atoms with Crippen LogP contribution in [0.5, 0.6) is 0 Å². The maximum Gasteiger partial charge on any atom is 0.289 e. The lowest BCUT2D eigenvalue weighted by molar-refractivity contribution is -0.117. The molecular weight excluding hydrogens is 346 g/mol. The van der Waals surface area contributed by atoms with E-state index in [-0.39, 0.29) is 17.9 Å². The number of anilines is 1. The van der Waals surface area contributed by atoms with Crippen molar-refractivity contribution in [1.29, 1.82) is 0 Å². The maximum absolute atomic E-state index is 12.6. The minimum absolute atomic E-state index is 0.145. The first-order valence-electron chi connectivity index (χ1n) is 9.37. The Morgan fingerprint density at radius 3 is 2.93 bits per heavy atom. The largest absolute Gasteiger partial charge is 0.381 e. The van der Waals surface area contributed by atoms with Gasteiger partial charge in [0, 0.05) is 38.4 Å². The SMILES string of the molecule is O=C(NCc1cccc(N2CCCC2=O)c1)c1ncnn1C1CCOCC1. The van der Waals surface area contributed by atoms with Crippen molar-refractivity contribution < 1.29 is 14.3 Å². The van der Waals surface area contributed by atoms with Gasteiger partial charge in [-0.1, -0.05) is 12.1 Å². The second-order valence-electron chi connectivity index (χ2n) is 6.87. The lowest BCUT2D eigenvalue weighted by Gasteiger charge is -2.23. The Kier molecular flexibility index (Phi) is 5.15. The number of ether oxygens (including phenoxy) is 1. The highest BCUT2D eigenvalue weighted by atomic mass is 16.5. The molecule has 27 heavy (non-hydrogen) atoms. The minimum atomic E-state index is -0.248. The van der Waals surface area contributed by atoms with Gasteiger partial charge in [0.25, 0.3) is 5.91 Å². The molecule has 0 aliphatic carbocycles. The number of hydrogen-bond donors (Lipinski definition) is 1. The van der Waals surface area contributed by atoms with Crippen LogP contribution in [-0.4, -0.2) is 46.3 Å². The van der Waals surface area contributed by atoms with Crippen molar-refractivity contribution in [3.8, 4) is 0 Å². The fourth-order valence-corrected chi connectivity index (χ4v) is 3.63. The van der Waals surface area contributed by atoms with Crippen LogP contribution in [-0.2, 0) is 16.1 Å². The predicted molar refractivity (Wildman–Crippen MR) is 98.3 cm³/mol. The molecule has 0 unspecified atom stereocenters. The van der Waals surface area contributed by atoms with Gasteiger partial charge in [-0.2, -0.15) is 5.10 Å². The number of benzene rings is 1. The van der Waals surface area contributed by atoms with Gasteiger partial charge in [0.2, 0.25) is 11.7 Å². The zero-order valence-corrected chi connectivity index (χ0v) is 15.1. The Hall–Kier alpha value is -2.74. The van der Waals surface area contributed by atoms with E-state index in [4.69, 9.17) is 4.74 Å². The summed E-state index contributed by atoms with van der Waals surface area (Å²) in [6, 6.07) is 7.87. The number of rotatable bonds is 5. The molecule has 2 aromatic rings. The fraction of sp³-hybridized carbons (Fsp3) is 0.474. The van der Waals surface area contributed by atoms with E-state index >= 15 is 0 Å². The summed E-state index contributed by atoms with van der Waals surface area (Å²) in [6.45, 7) is 2.47. The highest BCUT2D eigenvalue weighted by molar-refractivity contribution is 5.95. The number of carbonyl (C=O) groups is 2. The lowest BCUT2D eigenvalue weighted by atomic mass is 10.1. The van der Waals surface area contributed by atoms with Crippen LogP contribution < -0.4 is 10.2 Å². The number of amides is 2. The summed E-state index contributed by atoms with van der Waals surface area (Å²) in [5.41, 5.74) is 1.83. The molecule has 0 saturated carbocycles. The number of aromatic nitrogens is 3. The van der Waals surface area contributed by atoms with Crippen molar-refractivity contribution in [3.05, 3.63) is 42.0 Å². The highest BCUT2D eigenvalue weighted by Crippen LogP contribution is 2.23. The van der Waals surface area contributed by atoms with Gasteiger partial charge in [-0.3, -0.25) is 9.59 Å². The Morgan fingerprint density at radius 1 is 1.30 bits per heavy atom.